The van der Waals surface area contributed by atoms with Crippen LogP contribution in [-0.2, 0) is 9.84 Å². The number of nitrogens with zero attached hydrogens (tertiary/aromatic N) is 1. The molecule has 4 nitrogen and oxygen atoms in total. The molecule has 0 aromatic heterocycles. The van der Waals surface area contributed by atoms with E-state index in [1.807, 2.05) is 6.07 Å². The molecule has 0 aliphatic rings. The third kappa shape index (κ3) is 2.36. The average molecular weight is 308 g/mol. The highest BCUT2D eigenvalue weighted by molar-refractivity contribution is 7.91. The van der Waals surface area contributed by atoms with Crippen LogP contribution in [0.1, 0.15) is 5.56 Å². The topological polar surface area (TPSA) is 67.2 Å². The molecule has 0 spiro atoms. The predicted molar refractivity (Wildman–Crippen MR) is 74.6 cm³/mol. The van der Waals surface area contributed by atoms with Crippen molar-refractivity contribution in [1.29, 1.82) is 5.26 Å². The summed E-state index contributed by atoms with van der Waals surface area (Å²) in [6.07, 6.45) is 0. The Labute approximate surface area is 122 Å². The Kier molecular flexibility index (Phi) is 3.98. The fraction of sp³-hybridized carbons (Fsp3) is 0.0714. The van der Waals surface area contributed by atoms with Gasteiger partial charge >= 0.3 is 0 Å². The Balaban J connectivity index is 2.69. The fourth-order valence-corrected chi connectivity index (χ4v) is 3.61. The van der Waals surface area contributed by atoms with E-state index in [-0.39, 0.29) is 26.1 Å². The molecule has 0 unspecified atom stereocenters. The number of benzene rings is 2. The fourth-order valence-electron chi connectivity index (χ4n) is 1.75. The third-order valence-corrected chi connectivity index (χ3v) is 5.06. The van der Waals surface area contributed by atoms with E-state index in [1.165, 1.54) is 31.4 Å². The molecule has 2 aromatic rings. The van der Waals surface area contributed by atoms with E-state index in [0.29, 0.717) is 0 Å². The second-order valence-corrected chi connectivity index (χ2v) is 6.18. The molecule has 0 saturated carbocycles. The van der Waals surface area contributed by atoms with Crippen LogP contribution >= 0.6 is 11.6 Å². The van der Waals surface area contributed by atoms with Crippen molar-refractivity contribution in [2.75, 3.05) is 7.11 Å². The molecule has 6 heteroatoms. The Morgan fingerprint density at radius 2 is 1.80 bits per heavy atom. The van der Waals surface area contributed by atoms with Crippen LogP contribution in [0.3, 0.4) is 0 Å². The zero-order valence-electron chi connectivity index (χ0n) is 10.5. The summed E-state index contributed by atoms with van der Waals surface area (Å²) in [6.45, 7) is 0. The minimum atomic E-state index is -3.77. The molecule has 2 rings (SSSR count). The van der Waals surface area contributed by atoms with E-state index < -0.39 is 9.84 Å². The zero-order valence-corrected chi connectivity index (χ0v) is 12.1. The Morgan fingerprint density at radius 3 is 2.35 bits per heavy atom. The molecule has 0 aliphatic heterocycles. The number of halogens is 1. The number of ether oxygens (including phenoxy) is 1. The van der Waals surface area contributed by atoms with E-state index >= 15 is 0 Å². The smallest absolute Gasteiger partial charge is 0.208 e. The summed E-state index contributed by atoms with van der Waals surface area (Å²) in [6, 6.07) is 12.5. The lowest BCUT2D eigenvalue weighted by molar-refractivity contribution is 0.413. The van der Waals surface area contributed by atoms with Gasteiger partial charge in [-0.05, 0) is 24.3 Å². The van der Waals surface area contributed by atoms with Crippen LogP contribution in [0.15, 0.2) is 52.3 Å². The minimum Gasteiger partial charge on any atom is -0.495 e. The first-order valence-electron chi connectivity index (χ1n) is 5.59. The van der Waals surface area contributed by atoms with Crippen molar-refractivity contribution >= 4 is 21.4 Å². The van der Waals surface area contributed by atoms with Crippen molar-refractivity contribution < 1.29 is 13.2 Å². The first-order valence-corrected chi connectivity index (χ1v) is 7.45. The lowest BCUT2D eigenvalue weighted by atomic mass is 10.2. The lowest BCUT2D eigenvalue weighted by Crippen LogP contribution is -2.04. The molecule has 0 heterocycles. The van der Waals surface area contributed by atoms with Crippen LogP contribution < -0.4 is 4.74 Å². The second kappa shape index (κ2) is 5.53. The van der Waals surface area contributed by atoms with Crippen LogP contribution in [0.5, 0.6) is 5.75 Å². The maximum Gasteiger partial charge on any atom is 0.208 e. The summed E-state index contributed by atoms with van der Waals surface area (Å²) in [7, 11) is -2.38. The summed E-state index contributed by atoms with van der Waals surface area (Å²) < 4.78 is 30.0. The molecular formula is C14H10ClNO3S. The molecule has 0 fully saturated rings. The van der Waals surface area contributed by atoms with Crippen molar-refractivity contribution in [3.8, 4) is 11.8 Å². The monoisotopic (exact) mass is 307 g/mol. The van der Waals surface area contributed by atoms with Gasteiger partial charge in [-0.15, -0.1) is 0 Å². The van der Waals surface area contributed by atoms with Crippen LogP contribution in [0.25, 0.3) is 0 Å². The summed E-state index contributed by atoms with van der Waals surface area (Å²) in [5, 5.41) is 8.95. The molecular weight excluding hydrogens is 298 g/mol. The highest BCUT2D eigenvalue weighted by atomic mass is 35.5. The van der Waals surface area contributed by atoms with Crippen molar-refractivity contribution in [1.82, 2.24) is 0 Å². The van der Waals surface area contributed by atoms with Crippen molar-refractivity contribution in [2.24, 2.45) is 0 Å². The van der Waals surface area contributed by atoms with Crippen LogP contribution in [-0.4, -0.2) is 15.5 Å². The quantitative estimate of drug-likeness (QED) is 0.874. The van der Waals surface area contributed by atoms with Crippen LogP contribution in [0.2, 0.25) is 5.02 Å². The maximum atomic E-state index is 12.5. The van der Waals surface area contributed by atoms with Crippen molar-refractivity contribution in [3.63, 3.8) is 0 Å². The van der Waals surface area contributed by atoms with Gasteiger partial charge in [-0.2, -0.15) is 5.26 Å². The summed E-state index contributed by atoms with van der Waals surface area (Å²) in [5.74, 6) is 0.240. The number of hydrogen-bond acceptors (Lipinski definition) is 4. The number of methoxy groups -OCH3 is 1. The second-order valence-electron chi connectivity index (χ2n) is 3.88. The van der Waals surface area contributed by atoms with Gasteiger partial charge in [-0.3, -0.25) is 0 Å². The zero-order chi connectivity index (χ0) is 14.8. The standard InChI is InChI=1S/C14H10ClNO3S/c1-19-12-7-8-13(14(15)11(12)9-16)20(17,18)10-5-3-2-4-6-10/h2-8H,1H3. The van der Waals surface area contributed by atoms with Gasteiger partial charge in [0.05, 0.1) is 21.9 Å². The van der Waals surface area contributed by atoms with Crippen LogP contribution in [0.4, 0.5) is 0 Å². The lowest BCUT2D eigenvalue weighted by Gasteiger charge is -2.10. The van der Waals surface area contributed by atoms with Gasteiger partial charge in [0.15, 0.2) is 0 Å². The average Bonchev–Trinajstić information content (AvgIpc) is 2.47. The molecule has 102 valence electrons. The predicted octanol–water partition coefficient (Wildman–Crippen LogP) is 3.05. The van der Waals surface area contributed by atoms with Gasteiger partial charge in [0, 0.05) is 0 Å². The van der Waals surface area contributed by atoms with Crippen molar-refractivity contribution in [3.05, 3.63) is 53.1 Å². The molecule has 0 atom stereocenters. The molecule has 0 amide bonds. The van der Waals surface area contributed by atoms with E-state index in [2.05, 4.69) is 0 Å². The molecule has 0 radical (unpaired) electrons. The van der Waals surface area contributed by atoms with Gasteiger partial charge in [-0.1, -0.05) is 29.8 Å². The normalized spacial score (nSPS) is 10.8. The van der Waals surface area contributed by atoms with E-state index in [0.717, 1.165) is 0 Å². The van der Waals surface area contributed by atoms with E-state index in [4.69, 9.17) is 21.6 Å². The molecule has 0 N–H and O–H groups in total. The van der Waals surface area contributed by atoms with Crippen molar-refractivity contribution in [2.45, 2.75) is 9.79 Å². The highest BCUT2D eigenvalue weighted by Crippen LogP contribution is 2.34. The molecule has 0 saturated heterocycles. The van der Waals surface area contributed by atoms with E-state index in [9.17, 15) is 8.42 Å². The summed E-state index contributed by atoms with van der Waals surface area (Å²) in [4.78, 5) is 0.0127. The SMILES string of the molecule is COc1ccc(S(=O)(=O)c2ccccc2)c(Cl)c1C#N. The largest absolute Gasteiger partial charge is 0.495 e. The highest BCUT2D eigenvalue weighted by Gasteiger charge is 2.24. The molecule has 0 aliphatic carbocycles. The first-order chi connectivity index (χ1) is 9.52. The Bertz CT molecular complexity index is 780. The minimum absolute atomic E-state index is 0.00572. The number of hydrogen-bond donors (Lipinski definition) is 0. The Hall–Kier alpha value is -2.03. The maximum absolute atomic E-state index is 12.5. The Morgan fingerprint density at radius 1 is 1.15 bits per heavy atom. The summed E-state index contributed by atoms with van der Waals surface area (Å²) >= 11 is 6.05. The summed E-state index contributed by atoms with van der Waals surface area (Å²) in [5.41, 5.74) is 0.00572. The van der Waals surface area contributed by atoms with Gasteiger partial charge in [0.25, 0.3) is 0 Å². The van der Waals surface area contributed by atoms with Gasteiger partial charge in [0.1, 0.15) is 17.4 Å². The van der Waals surface area contributed by atoms with Gasteiger partial charge < -0.3 is 4.74 Å². The van der Waals surface area contributed by atoms with Crippen LogP contribution in [0, 0.1) is 11.3 Å². The number of rotatable bonds is 3. The molecule has 20 heavy (non-hydrogen) atoms. The number of nitriles is 1. The van der Waals surface area contributed by atoms with Gasteiger partial charge in [-0.25, -0.2) is 8.42 Å². The first kappa shape index (κ1) is 14.4. The number of sulfone groups is 1. The molecule has 0 bridgehead atoms. The van der Waals surface area contributed by atoms with E-state index in [1.54, 1.807) is 18.2 Å². The van der Waals surface area contributed by atoms with Gasteiger partial charge in [0.2, 0.25) is 9.84 Å². The third-order valence-electron chi connectivity index (χ3n) is 2.74. The molecule has 2 aromatic carbocycles.